The molecule has 0 N–H and O–H groups in total. The SMILES string of the molecule is C=C(C(C)O[SiH2]CC)C(F)(F)C(F)(F)C(F)(F)C(F)(F)C(F)(F)C(F)(F)F. The second-order valence-electron chi connectivity index (χ2n) is 5.41. The maximum absolute atomic E-state index is 13.7. The van der Waals surface area contributed by atoms with Crippen molar-refractivity contribution >= 4 is 9.76 Å². The molecule has 15 heteroatoms. The van der Waals surface area contributed by atoms with E-state index in [1.807, 2.05) is 0 Å². The number of hydrogen-bond acceptors (Lipinski definition) is 1. The summed E-state index contributed by atoms with van der Waals surface area (Å²) in [5.74, 6) is -37.1. The minimum Gasteiger partial charge on any atom is -0.418 e. The Bertz CT molecular complexity index is 540. The van der Waals surface area contributed by atoms with E-state index in [9.17, 15) is 57.1 Å². The first kappa shape index (κ1) is 26.0. The van der Waals surface area contributed by atoms with Gasteiger partial charge in [0.2, 0.25) is 0 Å². The second-order valence-corrected chi connectivity index (χ2v) is 7.15. The molecule has 0 aromatic rings. The van der Waals surface area contributed by atoms with Crippen LogP contribution in [0.3, 0.4) is 0 Å². The molecular formula is C12H13F13OSi. The first-order chi connectivity index (χ1) is 11.6. The van der Waals surface area contributed by atoms with E-state index in [-0.39, 0.29) is 6.04 Å². The van der Waals surface area contributed by atoms with Crippen molar-refractivity contribution in [3.8, 4) is 0 Å². The van der Waals surface area contributed by atoms with Gasteiger partial charge in [-0.05, 0) is 13.0 Å². The highest BCUT2D eigenvalue weighted by Gasteiger charge is 2.91. The Morgan fingerprint density at radius 3 is 1.48 bits per heavy atom. The fraction of sp³-hybridized carbons (Fsp3) is 0.833. The lowest BCUT2D eigenvalue weighted by Crippen LogP contribution is -2.70. The van der Waals surface area contributed by atoms with Gasteiger partial charge in [-0.2, -0.15) is 57.1 Å². The summed E-state index contributed by atoms with van der Waals surface area (Å²) >= 11 is 0. The maximum Gasteiger partial charge on any atom is 0.460 e. The highest BCUT2D eigenvalue weighted by molar-refractivity contribution is 6.26. The number of alkyl halides is 13. The van der Waals surface area contributed by atoms with Gasteiger partial charge >= 0.3 is 35.8 Å². The van der Waals surface area contributed by atoms with E-state index in [0.29, 0.717) is 6.92 Å². The summed E-state index contributed by atoms with van der Waals surface area (Å²) in [7, 11) is -1.62. The molecule has 0 amide bonds. The molecule has 1 nitrogen and oxygen atoms in total. The number of rotatable bonds is 9. The van der Waals surface area contributed by atoms with Crippen molar-refractivity contribution in [3.63, 3.8) is 0 Å². The average Bonchev–Trinajstić information content (AvgIpc) is 2.49. The van der Waals surface area contributed by atoms with Crippen molar-refractivity contribution in [1.29, 1.82) is 0 Å². The molecule has 1 atom stereocenters. The topological polar surface area (TPSA) is 9.23 Å². The van der Waals surface area contributed by atoms with E-state index < -0.39 is 57.2 Å². The molecule has 0 rings (SSSR count). The van der Waals surface area contributed by atoms with Crippen LogP contribution in [0.2, 0.25) is 6.04 Å². The minimum atomic E-state index is -7.91. The van der Waals surface area contributed by atoms with E-state index in [1.54, 1.807) is 0 Å². The predicted octanol–water partition coefficient (Wildman–Crippen LogP) is 5.21. The van der Waals surface area contributed by atoms with Gasteiger partial charge in [-0.15, -0.1) is 0 Å². The van der Waals surface area contributed by atoms with Gasteiger partial charge in [0.25, 0.3) is 0 Å². The number of halogens is 13. The minimum absolute atomic E-state index is 0.256. The smallest absolute Gasteiger partial charge is 0.418 e. The molecule has 0 aliphatic heterocycles. The van der Waals surface area contributed by atoms with Gasteiger partial charge in [-0.3, -0.25) is 0 Å². The Morgan fingerprint density at radius 2 is 1.15 bits per heavy atom. The fourth-order valence-electron chi connectivity index (χ4n) is 1.62. The maximum atomic E-state index is 13.7. The number of hydrogen-bond donors (Lipinski definition) is 0. The molecule has 0 aliphatic carbocycles. The molecule has 1 unspecified atom stereocenters. The fourth-order valence-corrected chi connectivity index (χ4v) is 2.41. The van der Waals surface area contributed by atoms with Crippen molar-refractivity contribution in [2.45, 2.75) is 61.8 Å². The van der Waals surface area contributed by atoms with Crippen LogP contribution >= 0.6 is 0 Å². The first-order valence-corrected chi connectivity index (χ1v) is 8.49. The average molecular weight is 448 g/mol. The van der Waals surface area contributed by atoms with Crippen LogP contribution in [0.25, 0.3) is 0 Å². The molecule has 0 radical (unpaired) electrons. The van der Waals surface area contributed by atoms with Gasteiger partial charge in [0.1, 0.15) is 0 Å². The second kappa shape index (κ2) is 7.44. The predicted molar refractivity (Wildman–Crippen MR) is 69.5 cm³/mol. The molecule has 0 saturated heterocycles. The molecule has 0 aromatic carbocycles. The standard InChI is InChI=1S/C12H13F13OSi/c1-4-27-26-6(3)5(2)7(13,14)8(15,16)9(17,18)10(19,20)11(21,22)12(23,24)25/h6H,2,4,27H2,1,3H3. The van der Waals surface area contributed by atoms with E-state index >= 15 is 0 Å². The third-order valence-electron chi connectivity index (χ3n) is 3.40. The van der Waals surface area contributed by atoms with Gasteiger partial charge < -0.3 is 4.43 Å². The monoisotopic (exact) mass is 448 g/mol. The highest BCUT2D eigenvalue weighted by atomic mass is 28.2. The highest BCUT2D eigenvalue weighted by Crippen LogP contribution is 2.61. The molecule has 0 aliphatic rings. The summed E-state index contributed by atoms with van der Waals surface area (Å²) < 4.78 is 173. The van der Waals surface area contributed by atoms with Gasteiger partial charge in [-0.25, -0.2) is 0 Å². The van der Waals surface area contributed by atoms with Crippen LogP contribution in [0, 0.1) is 0 Å². The van der Waals surface area contributed by atoms with Crippen LogP contribution in [0.4, 0.5) is 57.1 Å². The molecule has 0 bridgehead atoms. The van der Waals surface area contributed by atoms with Crippen LogP contribution in [0.1, 0.15) is 13.8 Å². The van der Waals surface area contributed by atoms with E-state index in [1.165, 1.54) is 6.92 Å². The Morgan fingerprint density at radius 1 is 0.778 bits per heavy atom. The lowest BCUT2D eigenvalue weighted by Gasteiger charge is -2.40. The molecule has 0 aromatic heterocycles. The third-order valence-corrected chi connectivity index (χ3v) is 4.54. The summed E-state index contributed by atoms with van der Waals surface area (Å²) in [6.07, 6.45) is -9.50. The molecule has 162 valence electrons. The lowest BCUT2D eigenvalue weighted by molar-refractivity contribution is -0.437. The van der Waals surface area contributed by atoms with Crippen LogP contribution in [0.15, 0.2) is 12.2 Å². The molecule has 0 saturated carbocycles. The van der Waals surface area contributed by atoms with Crippen molar-refractivity contribution in [2.24, 2.45) is 0 Å². The molecule has 27 heavy (non-hydrogen) atoms. The van der Waals surface area contributed by atoms with E-state index in [2.05, 4.69) is 11.0 Å². The molecule has 0 fully saturated rings. The normalized spacial score (nSPS) is 16.9. The van der Waals surface area contributed by atoms with Crippen molar-refractivity contribution < 1.29 is 61.5 Å². The zero-order valence-corrected chi connectivity index (χ0v) is 14.9. The Labute approximate surface area is 146 Å². The first-order valence-electron chi connectivity index (χ1n) is 6.91. The zero-order valence-electron chi connectivity index (χ0n) is 13.5. The Hall–Kier alpha value is -0.993. The molecule has 0 spiro atoms. The van der Waals surface area contributed by atoms with Crippen molar-refractivity contribution in [3.05, 3.63) is 12.2 Å². The summed E-state index contributed by atoms with van der Waals surface area (Å²) in [6, 6.07) is 0.256. The van der Waals surface area contributed by atoms with Crippen molar-refractivity contribution in [2.75, 3.05) is 0 Å². The van der Waals surface area contributed by atoms with E-state index in [4.69, 9.17) is 0 Å². The zero-order chi connectivity index (χ0) is 22.3. The largest absolute Gasteiger partial charge is 0.460 e. The van der Waals surface area contributed by atoms with Gasteiger partial charge in [0, 0.05) is 5.57 Å². The van der Waals surface area contributed by atoms with Crippen LogP contribution in [-0.4, -0.2) is 51.7 Å². The van der Waals surface area contributed by atoms with Gasteiger partial charge in [-0.1, -0.05) is 13.5 Å². The molecule has 0 heterocycles. The van der Waals surface area contributed by atoms with E-state index in [0.717, 1.165) is 0 Å². The summed E-state index contributed by atoms with van der Waals surface area (Å²) in [5, 5.41) is 0. The van der Waals surface area contributed by atoms with Crippen molar-refractivity contribution in [1.82, 2.24) is 0 Å². The van der Waals surface area contributed by atoms with Crippen LogP contribution < -0.4 is 0 Å². The Balaban J connectivity index is 6.19. The summed E-state index contributed by atoms with van der Waals surface area (Å²) in [5.41, 5.74) is -2.18. The van der Waals surface area contributed by atoms with Crippen LogP contribution in [-0.2, 0) is 4.43 Å². The lowest BCUT2D eigenvalue weighted by atomic mass is 9.89. The van der Waals surface area contributed by atoms with Crippen LogP contribution in [0.5, 0.6) is 0 Å². The Kier molecular flexibility index (Phi) is 7.17. The van der Waals surface area contributed by atoms with Gasteiger partial charge in [0.05, 0.1) is 6.10 Å². The third kappa shape index (κ3) is 3.93. The summed E-state index contributed by atoms with van der Waals surface area (Å²) in [4.78, 5) is 0. The quantitative estimate of drug-likeness (QED) is 0.268. The van der Waals surface area contributed by atoms with Gasteiger partial charge in [0.15, 0.2) is 9.76 Å². The summed E-state index contributed by atoms with van der Waals surface area (Å²) in [6.45, 7) is 4.43. The molecular weight excluding hydrogens is 435 g/mol.